The molecule has 2 atom stereocenters. The average molecular weight is 458 g/mol. The van der Waals surface area contributed by atoms with Gasteiger partial charge in [0, 0.05) is 23.8 Å². The molecule has 2 N–H and O–H groups in total. The van der Waals surface area contributed by atoms with E-state index < -0.39 is 11.0 Å². The van der Waals surface area contributed by atoms with Crippen LogP contribution in [-0.2, 0) is 4.79 Å². The number of hydrogen-bond donors (Lipinski definition) is 2. The zero-order valence-corrected chi connectivity index (χ0v) is 18.9. The van der Waals surface area contributed by atoms with Crippen LogP contribution in [0.15, 0.2) is 71.9 Å². The highest BCUT2D eigenvalue weighted by molar-refractivity contribution is 6.01. The van der Waals surface area contributed by atoms with Gasteiger partial charge in [-0.05, 0) is 73.2 Å². The molecule has 3 aromatic rings. The largest absolute Gasteiger partial charge is 0.372 e. The second kappa shape index (κ2) is 8.41. The van der Waals surface area contributed by atoms with Crippen LogP contribution in [0.4, 0.5) is 21.5 Å². The zero-order valence-electron chi connectivity index (χ0n) is 18.9. The van der Waals surface area contributed by atoms with Crippen LogP contribution in [0.3, 0.4) is 0 Å². The number of fused-ring (bicyclic) bond motifs is 1. The number of carbonyl (C=O) groups is 1. The first-order valence-corrected chi connectivity index (χ1v) is 11.2. The quantitative estimate of drug-likeness (QED) is 0.355. The van der Waals surface area contributed by atoms with E-state index in [-0.39, 0.29) is 29.6 Å². The maximum absolute atomic E-state index is 13.6. The summed E-state index contributed by atoms with van der Waals surface area (Å²) in [5, 5.41) is 18.7. The topological polar surface area (TPSA) is 84.3 Å². The Morgan fingerprint density at radius 1 is 0.971 bits per heavy atom. The monoisotopic (exact) mass is 457 g/mol. The maximum atomic E-state index is 13.6. The van der Waals surface area contributed by atoms with Gasteiger partial charge in [-0.25, -0.2) is 4.39 Å². The lowest BCUT2D eigenvalue weighted by Crippen LogP contribution is -2.27. The molecule has 0 fully saturated rings. The number of hydrogen-bond acceptors (Lipinski definition) is 5. The van der Waals surface area contributed by atoms with Gasteiger partial charge >= 0.3 is 0 Å². The first kappa shape index (κ1) is 21.8. The van der Waals surface area contributed by atoms with Gasteiger partial charge in [0.1, 0.15) is 5.82 Å². The number of nitrogens with one attached hydrogen (secondary N) is 2. The predicted octanol–water partition coefficient (Wildman–Crippen LogP) is 6.33. The molecule has 5 rings (SSSR count). The number of nitrogens with zero attached hydrogens (tertiary/aromatic N) is 1. The summed E-state index contributed by atoms with van der Waals surface area (Å²) in [6, 6.07) is 16.1. The van der Waals surface area contributed by atoms with E-state index in [9.17, 15) is 19.3 Å². The Bertz CT molecular complexity index is 1350. The van der Waals surface area contributed by atoms with E-state index in [1.165, 1.54) is 18.2 Å². The number of anilines is 2. The van der Waals surface area contributed by atoms with Crippen LogP contribution >= 0.6 is 0 Å². The fourth-order valence-electron chi connectivity index (χ4n) is 4.92. The van der Waals surface area contributed by atoms with Crippen LogP contribution in [0.1, 0.15) is 47.1 Å². The summed E-state index contributed by atoms with van der Waals surface area (Å²) in [7, 11) is 0. The van der Waals surface area contributed by atoms with E-state index in [0.717, 1.165) is 33.8 Å². The van der Waals surface area contributed by atoms with Crippen molar-refractivity contribution in [3.8, 4) is 0 Å². The second-order valence-electron chi connectivity index (χ2n) is 8.97. The first-order valence-electron chi connectivity index (χ1n) is 11.2. The van der Waals surface area contributed by atoms with Gasteiger partial charge in [-0.15, -0.1) is 0 Å². The van der Waals surface area contributed by atoms with Crippen LogP contribution in [0.25, 0.3) is 0 Å². The van der Waals surface area contributed by atoms with Crippen molar-refractivity contribution in [2.24, 2.45) is 0 Å². The van der Waals surface area contributed by atoms with Crippen LogP contribution in [0, 0.1) is 29.8 Å². The fourth-order valence-corrected chi connectivity index (χ4v) is 4.92. The van der Waals surface area contributed by atoms with Crippen molar-refractivity contribution in [2.45, 2.75) is 38.6 Å². The minimum atomic E-state index is -0.672. The smallest absolute Gasteiger partial charge is 0.275 e. The fraction of sp³-hybridized carbons (Fsp3) is 0.222. The molecule has 0 aromatic heterocycles. The standard InChI is InChI=1S/C27H24FN3O3/c1-15-11-21-22(12-16(15)2)30-27(20-5-3-4-6-24(20)31(33)34)26-23(29-21)13-18(14-25(26)32)17-7-9-19(28)10-8-17/h3-12,18,27,29-30H,13-14H2,1-2H3/t18-,27-/m0/s1. The van der Waals surface area contributed by atoms with Crippen molar-refractivity contribution in [1.29, 1.82) is 0 Å². The van der Waals surface area contributed by atoms with Crippen LogP contribution in [0.5, 0.6) is 0 Å². The SMILES string of the molecule is Cc1cc2c(cc1C)N[C@@H](c1ccccc1[N+](=O)[O-])C1=C(C[C@H](c3ccc(F)cc3)CC1=O)N2. The number of ketones is 1. The third kappa shape index (κ3) is 3.83. The Morgan fingerprint density at radius 2 is 1.65 bits per heavy atom. The summed E-state index contributed by atoms with van der Waals surface area (Å²) in [6.45, 7) is 4.02. The van der Waals surface area contributed by atoms with Gasteiger partial charge in [-0.3, -0.25) is 14.9 Å². The molecular weight excluding hydrogens is 433 g/mol. The van der Waals surface area contributed by atoms with Crippen molar-refractivity contribution >= 4 is 22.8 Å². The Labute approximate surface area is 196 Å². The maximum Gasteiger partial charge on any atom is 0.275 e. The normalized spacial score (nSPS) is 19.4. The Kier molecular flexibility index (Phi) is 5.40. The predicted molar refractivity (Wildman–Crippen MR) is 129 cm³/mol. The van der Waals surface area contributed by atoms with E-state index in [1.807, 2.05) is 26.0 Å². The number of benzene rings is 3. The molecule has 0 spiro atoms. The number of nitro benzene ring substituents is 1. The molecule has 1 aliphatic carbocycles. The van der Waals surface area contributed by atoms with Crippen molar-refractivity contribution in [3.63, 3.8) is 0 Å². The molecule has 34 heavy (non-hydrogen) atoms. The van der Waals surface area contributed by atoms with Gasteiger partial charge in [0.05, 0.1) is 27.9 Å². The lowest BCUT2D eigenvalue weighted by atomic mass is 9.78. The number of aryl methyl sites for hydroxylation is 2. The minimum Gasteiger partial charge on any atom is -0.372 e. The molecule has 0 bridgehead atoms. The molecule has 0 radical (unpaired) electrons. The summed E-state index contributed by atoms with van der Waals surface area (Å²) in [5.41, 5.74) is 6.33. The van der Waals surface area contributed by atoms with E-state index in [4.69, 9.17) is 0 Å². The number of carbonyl (C=O) groups excluding carboxylic acids is 1. The van der Waals surface area contributed by atoms with E-state index in [2.05, 4.69) is 10.6 Å². The Hall–Kier alpha value is -4.00. The molecule has 0 unspecified atom stereocenters. The Morgan fingerprint density at radius 3 is 2.35 bits per heavy atom. The van der Waals surface area contributed by atoms with E-state index in [1.54, 1.807) is 30.3 Å². The Balaban J connectivity index is 1.67. The number of para-hydroxylation sites is 1. The molecule has 0 amide bonds. The molecule has 172 valence electrons. The summed E-state index contributed by atoms with van der Waals surface area (Å²) in [6.07, 6.45) is 0.789. The van der Waals surface area contributed by atoms with Gasteiger partial charge in [0.25, 0.3) is 5.69 Å². The molecule has 2 aliphatic rings. The summed E-state index contributed by atoms with van der Waals surface area (Å²) >= 11 is 0. The molecule has 7 heteroatoms. The van der Waals surface area contributed by atoms with E-state index >= 15 is 0 Å². The molecule has 6 nitrogen and oxygen atoms in total. The van der Waals surface area contributed by atoms with Crippen molar-refractivity contribution in [2.75, 3.05) is 10.6 Å². The van der Waals surface area contributed by atoms with Gasteiger partial charge in [-0.2, -0.15) is 0 Å². The summed E-state index contributed by atoms with van der Waals surface area (Å²) in [4.78, 5) is 25.0. The third-order valence-electron chi connectivity index (χ3n) is 6.80. The third-order valence-corrected chi connectivity index (χ3v) is 6.80. The van der Waals surface area contributed by atoms with Crippen molar-refractivity contribution < 1.29 is 14.1 Å². The molecule has 0 saturated heterocycles. The van der Waals surface area contributed by atoms with Gasteiger partial charge in [0.15, 0.2) is 5.78 Å². The molecule has 1 heterocycles. The van der Waals surface area contributed by atoms with Gasteiger partial charge < -0.3 is 10.6 Å². The number of rotatable bonds is 3. The molecule has 0 saturated carbocycles. The highest BCUT2D eigenvalue weighted by Crippen LogP contribution is 2.46. The van der Waals surface area contributed by atoms with Gasteiger partial charge in [-0.1, -0.05) is 24.3 Å². The second-order valence-corrected chi connectivity index (χ2v) is 8.97. The molecular formula is C27H24FN3O3. The lowest BCUT2D eigenvalue weighted by Gasteiger charge is -2.29. The van der Waals surface area contributed by atoms with Crippen molar-refractivity contribution in [3.05, 3.63) is 110 Å². The van der Waals surface area contributed by atoms with E-state index in [0.29, 0.717) is 17.6 Å². The van der Waals surface area contributed by atoms with Crippen LogP contribution < -0.4 is 10.6 Å². The van der Waals surface area contributed by atoms with Crippen LogP contribution in [-0.4, -0.2) is 10.7 Å². The first-order chi connectivity index (χ1) is 16.3. The lowest BCUT2D eigenvalue weighted by molar-refractivity contribution is -0.385. The van der Waals surface area contributed by atoms with Crippen molar-refractivity contribution in [1.82, 2.24) is 0 Å². The average Bonchev–Trinajstić information content (AvgIpc) is 2.96. The molecule has 1 aliphatic heterocycles. The minimum absolute atomic E-state index is 0.0346. The van der Waals surface area contributed by atoms with Gasteiger partial charge in [0.2, 0.25) is 0 Å². The summed E-state index contributed by atoms with van der Waals surface area (Å²) in [5.74, 6) is -0.516. The summed E-state index contributed by atoms with van der Waals surface area (Å²) < 4.78 is 13.5. The highest BCUT2D eigenvalue weighted by Gasteiger charge is 2.38. The zero-order chi connectivity index (χ0) is 24.0. The molecule has 3 aromatic carbocycles. The highest BCUT2D eigenvalue weighted by atomic mass is 19.1. The van der Waals surface area contributed by atoms with Crippen LogP contribution in [0.2, 0.25) is 0 Å². The number of Topliss-reactive ketones (excluding diaryl/α,β-unsaturated/α-hetero) is 1. The number of allylic oxidation sites excluding steroid dienone is 1. The number of nitro groups is 1. The number of halogens is 1.